The molecule has 18 heavy (non-hydrogen) atoms. The zero-order valence-electron chi connectivity index (χ0n) is 10.8. The van der Waals surface area contributed by atoms with Crippen LogP contribution >= 0.6 is 0 Å². The van der Waals surface area contributed by atoms with Crippen LogP contribution in [-0.2, 0) is 16.0 Å². The molecule has 0 saturated carbocycles. The van der Waals surface area contributed by atoms with Gasteiger partial charge in [0.05, 0.1) is 24.8 Å². The summed E-state index contributed by atoms with van der Waals surface area (Å²) < 4.78 is 10.5. The van der Waals surface area contributed by atoms with E-state index < -0.39 is 0 Å². The van der Waals surface area contributed by atoms with Crippen LogP contribution < -0.4 is 5.73 Å². The average molecular weight is 253 g/mol. The van der Waals surface area contributed by atoms with Crippen molar-refractivity contribution in [2.45, 2.75) is 26.4 Å². The molecular formula is C12H19N3O3. The lowest BCUT2D eigenvalue weighted by atomic mass is 10.1. The predicted molar refractivity (Wildman–Crippen MR) is 65.1 cm³/mol. The quantitative estimate of drug-likeness (QED) is 0.821. The van der Waals surface area contributed by atoms with Crippen molar-refractivity contribution >= 4 is 5.91 Å². The first-order chi connectivity index (χ1) is 8.61. The van der Waals surface area contributed by atoms with Gasteiger partial charge < -0.3 is 19.9 Å². The summed E-state index contributed by atoms with van der Waals surface area (Å²) in [4.78, 5) is 14.0. The van der Waals surface area contributed by atoms with Gasteiger partial charge in [0, 0.05) is 25.2 Å². The summed E-state index contributed by atoms with van der Waals surface area (Å²) in [5.41, 5.74) is 7.23. The maximum Gasteiger partial charge on any atom is 0.227 e. The van der Waals surface area contributed by atoms with E-state index in [1.54, 1.807) is 4.90 Å². The van der Waals surface area contributed by atoms with E-state index in [-0.39, 0.29) is 12.0 Å². The van der Waals surface area contributed by atoms with Crippen LogP contribution in [0.1, 0.15) is 17.0 Å². The summed E-state index contributed by atoms with van der Waals surface area (Å²) in [6.07, 6.45) is 0.283. The molecule has 0 radical (unpaired) electrons. The molecule has 6 nitrogen and oxygen atoms in total. The van der Waals surface area contributed by atoms with Crippen LogP contribution in [-0.4, -0.2) is 48.3 Å². The molecule has 2 N–H and O–H groups in total. The van der Waals surface area contributed by atoms with E-state index in [2.05, 4.69) is 5.16 Å². The number of aromatic nitrogens is 1. The molecule has 2 rings (SSSR count). The second-order valence-corrected chi connectivity index (χ2v) is 4.55. The normalized spacial score (nSPS) is 20.2. The van der Waals surface area contributed by atoms with Gasteiger partial charge in [0.1, 0.15) is 5.76 Å². The minimum absolute atomic E-state index is 0.0487. The molecular weight excluding hydrogens is 234 g/mol. The molecule has 0 aromatic carbocycles. The van der Waals surface area contributed by atoms with E-state index in [9.17, 15) is 4.79 Å². The fraction of sp³-hybridized carbons (Fsp3) is 0.667. The van der Waals surface area contributed by atoms with Crippen molar-refractivity contribution in [3.8, 4) is 0 Å². The average Bonchev–Trinajstić information content (AvgIpc) is 2.70. The zero-order valence-corrected chi connectivity index (χ0v) is 10.8. The van der Waals surface area contributed by atoms with Crippen molar-refractivity contribution in [1.29, 1.82) is 0 Å². The van der Waals surface area contributed by atoms with Crippen LogP contribution in [0.25, 0.3) is 0 Å². The van der Waals surface area contributed by atoms with Gasteiger partial charge in [-0.3, -0.25) is 4.79 Å². The zero-order chi connectivity index (χ0) is 13.1. The largest absolute Gasteiger partial charge is 0.373 e. The molecule has 0 spiro atoms. The Morgan fingerprint density at radius 3 is 2.94 bits per heavy atom. The van der Waals surface area contributed by atoms with Gasteiger partial charge in [-0.1, -0.05) is 5.16 Å². The molecule has 1 atom stereocenters. The third-order valence-electron chi connectivity index (χ3n) is 3.26. The second kappa shape index (κ2) is 5.49. The number of rotatable bonds is 3. The van der Waals surface area contributed by atoms with E-state index in [0.717, 1.165) is 11.3 Å². The Kier molecular flexibility index (Phi) is 3.98. The summed E-state index contributed by atoms with van der Waals surface area (Å²) in [5.74, 6) is 0.788. The number of ether oxygens (including phenoxy) is 1. The number of nitrogens with two attached hydrogens (primary N) is 1. The van der Waals surface area contributed by atoms with Crippen molar-refractivity contribution in [2.24, 2.45) is 5.73 Å². The number of aryl methyl sites for hydroxylation is 2. The highest BCUT2D eigenvalue weighted by molar-refractivity contribution is 5.79. The molecule has 100 valence electrons. The SMILES string of the molecule is Cc1noc(C)c1CC(=O)N1CCOC(CN)C1. The van der Waals surface area contributed by atoms with Gasteiger partial charge >= 0.3 is 0 Å². The van der Waals surface area contributed by atoms with Gasteiger partial charge in [0.25, 0.3) is 0 Å². The Hall–Kier alpha value is -1.40. The van der Waals surface area contributed by atoms with Crippen LogP contribution in [0.4, 0.5) is 0 Å². The summed E-state index contributed by atoms with van der Waals surface area (Å²) in [5, 5.41) is 3.86. The minimum atomic E-state index is -0.0487. The number of carbonyl (C=O) groups excluding carboxylic acids is 1. The number of amides is 1. The van der Waals surface area contributed by atoms with E-state index >= 15 is 0 Å². The molecule has 0 bridgehead atoms. The van der Waals surface area contributed by atoms with Crippen molar-refractivity contribution in [3.05, 3.63) is 17.0 Å². The summed E-state index contributed by atoms with van der Waals surface area (Å²) >= 11 is 0. The Morgan fingerprint density at radius 2 is 2.33 bits per heavy atom. The first-order valence-corrected chi connectivity index (χ1v) is 6.13. The molecule has 1 aliphatic heterocycles. The molecule has 6 heteroatoms. The highest BCUT2D eigenvalue weighted by Gasteiger charge is 2.24. The smallest absolute Gasteiger partial charge is 0.227 e. The number of hydrogen-bond acceptors (Lipinski definition) is 5. The lowest BCUT2D eigenvalue weighted by Gasteiger charge is -2.32. The molecule has 1 amide bonds. The first kappa shape index (κ1) is 13.0. The Bertz CT molecular complexity index is 411. The lowest BCUT2D eigenvalue weighted by molar-refractivity contribution is -0.137. The third-order valence-corrected chi connectivity index (χ3v) is 3.26. The second-order valence-electron chi connectivity index (χ2n) is 4.55. The fourth-order valence-corrected chi connectivity index (χ4v) is 2.11. The van der Waals surface area contributed by atoms with Crippen molar-refractivity contribution < 1.29 is 14.1 Å². The number of hydrogen-bond donors (Lipinski definition) is 1. The summed E-state index contributed by atoms with van der Waals surface area (Å²) in [7, 11) is 0. The van der Waals surface area contributed by atoms with E-state index in [1.165, 1.54) is 0 Å². The van der Waals surface area contributed by atoms with Gasteiger partial charge in [-0.05, 0) is 13.8 Å². The van der Waals surface area contributed by atoms with Crippen LogP contribution in [0.5, 0.6) is 0 Å². The standard InChI is InChI=1S/C12H19N3O3/c1-8-11(9(2)18-14-8)5-12(16)15-3-4-17-10(6-13)7-15/h10H,3-7,13H2,1-2H3. The molecule has 1 aliphatic rings. The van der Waals surface area contributed by atoms with Crippen LogP contribution in [0.15, 0.2) is 4.52 Å². The minimum Gasteiger partial charge on any atom is -0.373 e. The molecule has 1 fully saturated rings. The fourth-order valence-electron chi connectivity index (χ4n) is 2.11. The number of nitrogens with zero attached hydrogens (tertiary/aromatic N) is 2. The predicted octanol–water partition coefficient (Wildman–Crippen LogP) is 0.0200. The molecule has 1 unspecified atom stereocenters. The Labute approximate surface area is 106 Å². The molecule has 1 aromatic rings. The van der Waals surface area contributed by atoms with Gasteiger partial charge in [0.2, 0.25) is 5.91 Å². The lowest BCUT2D eigenvalue weighted by Crippen LogP contribution is -2.48. The van der Waals surface area contributed by atoms with Crippen LogP contribution in [0.3, 0.4) is 0 Å². The molecule has 1 aromatic heterocycles. The number of carbonyl (C=O) groups is 1. The van der Waals surface area contributed by atoms with Gasteiger partial charge in [0.15, 0.2) is 0 Å². The highest BCUT2D eigenvalue weighted by atomic mass is 16.5. The molecule has 1 saturated heterocycles. The van der Waals surface area contributed by atoms with Crippen molar-refractivity contribution in [3.63, 3.8) is 0 Å². The van der Waals surface area contributed by atoms with Crippen LogP contribution in [0, 0.1) is 13.8 Å². The monoisotopic (exact) mass is 253 g/mol. The number of morpholine rings is 1. The van der Waals surface area contributed by atoms with E-state index in [0.29, 0.717) is 38.4 Å². The van der Waals surface area contributed by atoms with Crippen molar-refractivity contribution in [1.82, 2.24) is 10.1 Å². The summed E-state index contributed by atoms with van der Waals surface area (Å²) in [6, 6.07) is 0. The Balaban J connectivity index is 1.99. The van der Waals surface area contributed by atoms with Crippen molar-refractivity contribution in [2.75, 3.05) is 26.2 Å². The van der Waals surface area contributed by atoms with Gasteiger partial charge in [-0.2, -0.15) is 0 Å². The highest BCUT2D eigenvalue weighted by Crippen LogP contribution is 2.15. The third kappa shape index (κ3) is 2.70. The van der Waals surface area contributed by atoms with Gasteiger partial charge in [-0.25, -0.2) is 0 Å². The van der Waals surface area contributed by atoms with Crippen LogP contribution in [0.2, 0.25) is 0 Å². The van der Waals surface area contributed by atoms with Gasteiger partial charge in [-0.15, -0.1) is 0 Å². The Morgan fingerprint density at radius 1 is 1.56 bits per heavy atom. The summed E-state index contributed by atoms with van der Waals surface area (Å²) in [6.45, 7) is 5.85. The van der Waals surface area contributed by atoms with E-state index in [4.69, 9.17) is 15.0 Å². The molecule has 0 aliphatic carbocycles. The topological polar surface area (TPSA) is 81.6 Å². The maximum atomic E-state index is 12.2. The van der Waals surface area contributed by atoms with E-state index in [1.807, 2.05) is 13.8 Å². The maximum absolute atomic E-state index is 12.2. The molecule has 2 heterocycles. The first-order valence-electron chi connectivity index (χ1n) is 6.13.